The molecule has 0 saturated heterocycles. The first kappa shape index (κ1) is 14.6. The summed E-state index contributed by atoms with van der Waals surface area (Å²) in [7, 11) is 0. The standard InChI is InChI=1S/C12H18N2O3S/c1-5-14(11(16)17-12(2,3)4)6-10(15)9-7-18-8-13-9/h7-8H,5-6H2,1-4H3. The molecule has 0 saturated carbocycles. The van der Waals surface area contributed by atoms with Crippen LogP contribution in [-0.2, 0) is 4.74 Å². The van der Waals surface area contributed by atoms with E-state index in [1.165, 1.54) is 16.2 Å². The van der Waals surface area contributed by atoms with Crippen molar-refractivity contribution in [2.24, 2.45) is 0 Å². The van der Waals surface area contributed by atoms with E-state index >= 15 is 0 Å². The molecule has 0 aliphatic rings. The molecular formula is C12H18N2O3S. The highest BCUT2D eigenvalue weighted by Crippen LogP contribution is 2.11. The molecule has 18 heavy (non-hydrogen) atoms. The van der Waals surface area contributed by atoms with Crippen LogP contribution in [0.15, 0.2) is 10.9 Å². The lowest BCUT2D eigenvalue weighted by atomic mass is 10.2. The van der Waals surface area contributed by atoms with Crippen LogP contribution in [0.3, 0.4) is 0 Å². The van der Waals surface area contributed by atoms with Gasteiger partial charge in [0.25, 0.3) is 0 Å². The van der Waals surface area contributed by atoms with Gasteiger partial charge in [-0.2, -0.15) is 0 Å². The molecule has 0 aliphatic carbocycles. The third-order valence-electron chi connectivity index (χ3n) is 2.09. The van der Waals surface area contributed by atoms with E-state index in [1.807, 2.05) is 0 Å². The molecule has 0 radical (unpaired) electrons. The van der Waals surface area contributed by atoms with Crippen molar-refractivity contribution in [2.75, 3.05) is 13.1 Å². The largest absolute Gasteiger partial charge is 0.444 e. The van der Waals surface area contributed by atoms with Crippen LogP contribution < -0.4 is 0 Å². The van der Waals surface area contributed by atoms with Crippen molar-refractivity contribution in [1.82, 2.24) is 9.88 Å². The van der Waals surface area contributed by atoms with E-state index in [9.17, 15) is 9.59 Å². The van der Waals surface area contributed by atoms with Crippen molar-refractivity contribution in [1.29, 1.82) is 0 Å². The first-order chi connectivity index (χ1) is 8.33. The van der Waals surface area contributed by atoms with Crippen LogP contribution in [0.25, 0.3) is 0 Å². The summed E-state index contributed by atoms with van der Waals surface area (Å²) < 4.78 is 5.23. The van der Waals surface area contributed by atoms with Gasteiger partial charge in [-0.05, 0) is 27.7 Å². The lowest BCUT2D eigenvalue weighted by molar-refractivity contribution is 0.0257. The smallest absolute Gasteiger partial charge is 0.410 e. The SMILES string of the molecule is CCN(CC(=O)c1cscn1)C(=O)OC(C)(C)C. The number of ketones is 1. The number of carbonyl (C=O) groups excluding carboxylic acids is 2. The van der Waals surface area contributed by atoms with Crippen LogP contribution in [0.4, 0.5) is 4.79 Å². The summed E-state index contributed by atoms with van der Waals surface area (Å²) in [6, 6.07) is 0. The molecule has 5 nitrogen and oxygen atoms in total. The lowest BCUT2D eigenvalue weighted by Crippen LogP contribution is -2.39. The molecule has 0 spiro atoms. The van der Waals surface area contributed by atoms with Crippen molar-refractivity contribution < 1.29 is 14.3 Å². The highest BCUT2D eigenvalue weighted by molar-refractivity contribution is 7.07. The van der Waals surface area contributed by atoms with E-state index in [4.69, 9.17) is 4.74 Å². The average Bonchev–Trinajstić information content (AvgIpc) is 2.76. The predicted molar refractivity (Wildman–Crippen MR) is 69.9 cm³/mol. The Morgan fingerprint density at radius 3 is 2.56 bits per heavy atom. The molecule has 1 amide bonds. The number of likely N-dealkylation sites (N-methyl/N-ethyl adjacent to an activating group) is 1. The Morgan fingerprint density at radius 1 is 1.44 bits per heavy atom. The first-order valence-corrected chi connectivity index (χ1v) is 6.67. The second kappa shape index (κ2) is 5.95. The zero-order valence-corrected chi connectivity index (χ0v) is 11.9. The minimum Gasteiger partial charge on any atom is -0.444 e. The zero-order chi connectivity index (χ0) is 13.8. The summed E-state index contributed by atoms with van der Waals surface area (Å²) in [6.07, 6.45) is -0.478. The number of carbonyl (C=O) groups is 2. The minimum absolute atomic E-state index is 0.00481. The number of thiazole rings is 1. The van der Waals surface area contributed by atoms with Gasteiger partial charge in [0.15, 0.2) is 0 Å². The Hall–Kier alpha value is -1.43. The first-order valence-electron chi connectivity index (χ1n) is 5.73. The molecule has 1 aromatic heterocycles. The number of ether oxygens (including phenoxy) is 1. The van der Waals surface area contributed by atoms with Gasteiger partial charge in [0.05, 0.1) is 12.1 Å². The van der Waals surface area contributed by atoms with Gasteiger partial charge >= 0.3 is 6.09 Å². The lowest BCUT2D eigenvalue weighted by Gasteiger charge is -2.25. The van der Waals surface area contributed by atoms with E-state index in [1.54, 1.807) is 38.6 Å². The van der Waals surface area contributed by atoms with Crippen molar-refractivity contribution >= 4 is 23.2 Å². The molecule has 0 aromatic carbocycles. The third-order valence-corrected chi connectivity index (χ3v) is 2.67. The van der Waals surface area contributed by atoms with Crippen molar-refractivity contribution in [3.8, 4) is 0 Å². The number of nitrogens with zero attached hydrogens (tertiary/aromatic N) is 2. The summed E-state index contributed by atoms with van der Waals surface area (Å²) in [5.74, 6) is -0.177. The predicted octanol–water partition coefficient (Wildman–Crippen LogP) is 2.58. The van der Waals surface area contributed by atoms with Gasteiger partial charge < -0.3 is 9.64 Å². The highest BCUT2D eigenvalue weighted by atomic mass is 32.1. The van der Waals surface area contributed by atoms with Gasteiger partial charge in [-0.1, -0.05) is 0 Å². The topological polar surface area (TPSA) is 59.5 Å². The highest BCUT2D eigenvalue weighted by Gasteiger charge is 2.23. The molecule has 0 fully saturated rings. The van der Waals surface area contributed by atoms with Crippen LogP contribution in [0, 0.1) is 0 Å². The molecular weight excluding hydrogens is 252 g/mol. The quantitative estimate of drug-likeness (QED) is 0.789. The Labute approximate surface area is 111 Å². The monoisotopic (exact) mass is 270 g/mol. The molecule has 0 bridgehead atoms. The molecule has 0 N–H and O–H groups in total. The third kappa shape index (κ3) is 4.44. The molecule has 0 unspecified atom stereocenters. The van der Waals surface area contributed by atoms with Gasteiger partial charge in [-0.25, -0.2) is 9.78 Å². The normalized spacial score (nSPS) is 11.1. The average molecular weight is 270 g/mol. The molecule has 6 heteroatoms. The van der Waals surface area contributed by atoms with Crippen molar-refractivity contribution in [2.45, 2.75) is 33.3 Å². The number of rotatable bonds is 4. The van der Waals surface area contributed by atoms with Gasteiger partial charge in [0.2, 0.25) is 5.78 Å². The Balaban J connectivity index is 2.62. The maximum Gasteiger partial charge on any atom is 0.410 e. The Morgan fingerprint density at radius 2 is 2.11 bits per heavy atom. The second-order valence-corrected chi connectivity index (χ2v) is 5.51. The molecule has 1 rings (SSSR count). The van der Waals surface area contributed by atoms with Gasteiger partial charge in [-0.3, -0.25) is 4.79 Å². The van der Waals surface area contributed by atoms with Crippen LogP contribution in [0.5, 0.6) is 0 Å². The molecule has 100 valence electrons. The molecule has 1 heterocycles. The van der Waals surface area contributed by atoms with E-state index < -0.39 is 11.7 Å². The summed E-state index contributed by atoms with van der Waals surface area (Å²) in [5, 5.41) is 1.67. The zero-order valence-electron chi connectivity index (χ0n) is 11.1. The number of hydrogen-bond donors (Lipinski definition) is 0. The van der Waals surface area contributed by atoms with Crippen molar-refractivity contribution in [3.63, 3.8) is 0 Å². The summed E-state index contributed by atoms with van der Waals surface area (Å²) in [6.45, 7) is 7.60. The number of Topliss-reactive ketones (excluding diaryl/α,β-unsaturated/α-hetero) is 1. The summed E-state index contributed by atoms with van der Waals surface area (Å²) in [4.78, 5) is 29.0. The van der Waals surface area contributed by atoms with Gasteiger partial charge in [0.1, 0.15) is 11.3 Å². The van der Waals surface area contributed by atoms with E-state index in [-0.39, 0.29) is 12.3 Å². The fraction of sp³-hybridized carbons (Fsp3) is 0.583. The number of hydrogen-bond acceptors (Lipinski definition) is 5. The van der Waals surface area contributed by atoms with Crippen LogP contribution in [0.1, 0.15) is 38.2 Å². The van der Waals surface area contributed by atoms with Crippen molar-refractivity contribution in [3.05, 3.63) is 16.6 Å². The van der Waals surface area contributed by atoms with E-state index in [2.05, 4.69) is 4.98 Å². The maximum absolute atomic E-state index is 11.8. The van der Waals surface area contributed by atoms with Crippen LogP contribution in [-0.4, -0.2) is 40.5 Å². The minimum atomic E-state index is -0.561. The molecule has 0 atom stereocenters. The fourth-order valence-corrected chi connectivity index (χ4v) is 1.79. The Bertz CT molecular complexity index is 409. The summed E-state index contributed by atoms with van der Waals surface area (Å²) >= 11 is 1.35. The van der Waals surface area contributed by atoms with E-state index in [0.717, 1.165) is 0 Å². The van der Waals surface area contributed by atoms with Gasteiger partial charge in [-0.15, -0.1) is 11.3 Å². The fourth-order valence-electron chi connectivity index (χ4n) is 1.24. The Kier molecular flexibility index (Phi) is 4.84. The van der Waals surface area contributed by atoms with E-state index in [0.29, 0.717) is 12.2 Å². The molecule has 1 aromatic rings. The van der Waals surface area contributed by atoms with Gasteiger partial charge in [0, 0.05) is 11.9 Å². The second-order valence-electron chi connectivity index (χ2n) is 4.79. The number of amides is 1. The molecule has 0 aliphatic heterocycles. The number of aromatic nitrogens is 1. The maximum atomic E-state index is 11.8. The summed E-state index contributed by atoms with van der Waals surface area (Å²) in [5.41, 5.74) is 1.42. The van der Waals surface area contributed by atoms with Crippen LogP contribution >= 0.6 is 11.3 Å². The van der Waals surface area contributed by atoms with Crippen LogP contribution in [0.2, 0.25) is 0 Å².